The Morgan fingerprint density at radius 3 is 2.58 bits per heavy atom. The van der Waals surface area contributed by atoms with Crippen LogP contribution in [0.5, 0.6) is 0 Å². The molecule has 0 bridgehead atoms. The van der Waals surface area contributed by atoms with Crippen molar-refractivity contribution < 1.29 is 9.18 Å². The Hall–Kier alpha value is -1.13. The molecule has 1 aromatic carbocycles. The Balaban J connectivity index is 0.00000208. The number of amides is 1. The van der Waals surface area contributed by atoms with Crippen molar-refractivity contribution in [1.29, 1.82) is 0 Å². The first-order valence-electron chi connectivity index (χ1n) is 8.92. The Kier molecular flexibility index (Phi) is 6.64. The van der Waals surface area contributed by atoms with E-state index in [4.69, 9.17) is 0 Å². The third kappa shape index (κ3) is 3.75. The Bertz CT molecular complexity index is 554. The number of rotatable bonds is 5. The van der Waals surface area contributed by atoms with E-state index in [1.165, 1.54) is 6.07 Å². The van der Waals surface area contributed by atoms with E-state index in [-0.39, 0.29) is 24.1 Å². The second kappa shape index (κ2) is 8.30. The van der Waals surface area contributed by atoms with Crippen molar-refractivity contribution in [2.75, 3.05) is 26.2 Å². The Labute approximate surface area is 150 Å². The van der Waals surface area contributed by atoms with E-state index < -0.39 is 5.41 Å². The zero-order chi connectivity index (χ0) is 16.3. The molecule has 5 heteroatoms. The summed E-state index contributed by atoms with van der Waals surface area (Å²) < 4.78 is 13.6. The number of hydrogen-bond donors (Lipinski definition) is 1. The summed E-state index contributed by atoms with van der Waals surface area (Å²) in [4.78, 5) is 15.1. The maximum Gasteiger partial charge on any atom is 0.233 e. The normalized spacial score (nSPS) is 20.2. The van der Waals surface area contributed by atoms with Crippen molar-refractivity contribution in [3.8, 4) is 0 Å². The number of likely N-dealkylation sites (tertiary alicyclic amines) is 1. The molecule has 3 rings (SSSR count). The van der Waals surface area contributed by atoms with Crippen molar-refractivity contribution in [2.24, 2.45) is 5.92 Å². The number of piperidine rings is 1. The first kappa shape index (κ1) is 19.2. The molecule has 0 atom stereocenters. The van der Waals surface area contributed by atoms with Gasteiger partial charge in [-0.25, -0.2) is 4.39 Å². The smallest absolute Gasteiger partial charge is 0.233 e. The van der Waals surface area contributed by atoms with Crippen molar-refractivity contribution >= 4 is 18.3 Å². The van der Waals surface area contributed by atoms with Crippen LogP contribution in [0.2, 0.25) is 0 Å². The first-order chi connectivity index (χ1) is 11.2. The van der Waals surface area contributed by atoms with E-state index in [0.29, 0.717) is 5.92 Å². The van der Waals surface area contributed by atoms with Gasteiger partial charge in [0.25, 0.3) is 0 Å². The molecule has 1 N–H and O–H groups in total. The molecule has 1 aliphatic heterocycles. The van der Waals surface area contributed by atoms with E-state index in [1.807, 2.05) is 11.0 Å². The minimum atomic E-state index is -0.462. The topological polar surface area (TPSA) is 32.3 Å². The second-order valence-corrected chi connectivity index (χ2v) is 6.99. The maximum absolute atomic E-state index is 13.6. The quantitative estimate of drug-likeness (QED) is 0.877. The number of carbonyl (C=O) groups excluding carboxylic acids is 1. The molecule has 2 fully saturated rings. The lowest BCUT2D eigenvalue weighted by molar-refractivity contribution is -0.142. The van der Waals surface area contributed by atoms with Gasteiger partial charge < -0.3 is 10.2 Å². The Morgan fingerprint density at radius 1 is 1.33 bits per heavy atom. The van der Waals surface area contributed by atoms with Crippen molar-refractivity contribution in [3.05, 3.63) is 35.6 Å². The fraction of sp³-hybridized carbons (Fsp3) is 0.632. The molecule has 24 heavy (non-hydrogen) atoms. The molecule has 1 saturated heterocycles. The molecule has 0 unspecified atom stereocenters. The molecule has 1 saturated carbocycles. The number of carbonyl (C=O) groups is 1. The fourth-order valence-electron chi connectivity index (χ4n) is 3.93. The molecular formula is C19H28ClFN2O. The molecule has 3 nitrogen and oxygen atoms in total. The van der Waals surface area contributed by atoms with Crippen LogP contribution in [0.1, 0.15) is 44.6 Å². The van der Waals surface area contributed by atoms with Crippen LogP contribution in [0.15, 0.2) is 24.3 Å². The van der Waals surface area contributed by atoms with E-state index in [2.05, 4.69) is 12.2 Å². The fourth-order valence-corrected chi connectivity index (χ4v) is 3.93. The van der Waals surface area contributed by atoms with Crippen LogP contribution in [0.3, 0.4) is 0 Å². The van der Waals surface area contributed by atoms with Crippen LogP contribution >= 0.6 is 12.4 Å². The third-order valence-electron chi connectivity index (χ3n) is 5.58. The lowest BCUT2D eigenvalue weighted by Gasteiger charge is -2.45. The minimum absolute atomic E-state index is 0. The number of hydrogen-bond acceptors (Lipinski definition) is 2. The van der Waals surface area contributed by atoms with Crippen molar-refractivity contribution in [3.63, 3.8) is 0 Å². The van der Waals surface area contributed by atoms with Gasteiger partial charge in [-0.3, -0.25) is 4.79 Å². The van der Waals surface area contributed by atoms with Gasteiger partial charge in [0.05, 0.1) is 5.41 Å². The maximum atomic E-state index is 13.6. The van der Waals surface area contributed by atoms with Gasteiger partial charge >= 0.3 is 0 Å². The van der Waals surface area contributed by atoms with Crippen LogP contribution in [-0.4, -0.2) is 37.0 Å². The summed E-state index contributed by atoms with van der Waals surface area (Å²) in [7, 11) is 0. The standard InChI is InChI=1S/C19H27FN2O.ClH/c1-2-21-14-15-7-11-22(12-8-15)18(23)19(9-4-10-19)16-5-3-6-17(20)13-16;/h3,5-6,13,15,21H,2,4,7-12,14H2,1H3;1H. The van der Waals surface area contributed by atoms with E-state index >= 15 is 0 Å². The summed E-state index contributed by atoms with van der Waals surface area (Å²) in [5.41, 5.74) is 0.403. The van der Waals surface area contributed by atoms with Gasteiger partial charge in [0, 0.05) is 13.1 Å². The molecule has 0 radical (unpaired) electrons. The summed E-state index contributed by atoms with van der Waals surface area (Å²) in [6.07, 6.45) is 4.90. The molecule has 0 aromatic heterocycles. The number of benzene rings is 1. The highest BCUT2D eigenvalue weighted by atomic mass is 35.5. The molecule has 1 aliphatic carbocycles. The molecule has 1 amide bonds. The molecule has 134 valence electrons. The van der Waals surface area contributed by atoms with Gasteiger partial charge in [-0.05, 0) is 62.4 Å². The predicted molar refractivity (Wildman–Crippen MR) is 97.0 cm³/mol. The van der Waals surface area contributed by atoms with Crippen LogP contribution < -0.4 is 5.32 Å². The number of nitrogens with zero attached hydrogens (tertiary/aromatic N) is 1. The predicted octanol–water partition coefficient (Wildman–Crippen LogP) is 3.52. The molecular weight excluding hydrogens is 327 g/mol. The van der Waals surface area contributed by atoms with Crippen LogP contribution in [0.4, 0.5) is 4.39 Å². The number of halogens is 2. The van der Waals surface area contributed by atoms with Gasteiger partial charge in [-0.1, -0.05) is 25.5 Å². The molecule has 0 spiro atoms. The zero-order valence-electron chi connectivity index (χ0n) is 14.4. The first-order valence-corrected chi connectivity index (χ1v) is 8.92. The van der Waals surface area contributed by atoms with Crippen molar-refractivity contribution in [1.82, 2.24) is 10.2 Å². The average Bonchev–Trinajstić information content (AvgIpc) is 2.52. The Morgan fingerprint density at radius 2 is 2.04 bits per heavy atom. The molecule has 1 aromatic rings. The summed E-state index contributed by atoms with van der Waals surface area (Å²) in [5, 5.41) is 3.40. The minimum Gasteiger partial charge on any atom is -0.342 e. The third-order valence-corrected chi connectivity index (χ3v) is 5.58. The summed E-state index contributed by atoms with van der Waals surface area (Å²) in [6, 6.07) is 6.64. The van der Waals surface area contributed by atoms with Crippen LogP contribution in [-0.2, 0) is 10.2 Å². The van der Waals surface area contributed by atoms with Gasteiger partial charge in [0.15, 0.2) is 0 Å². The lowest BCUT2D eigenvalue weighted by atomic mass is 9.63. The van der Waals surface area contributed by atoms with Crippen LogP contribution in [0, 0.1) is 11.7 Å². The SMILES string of the molecule is CCNCC1CCN(C(=O)C2(c3cccc(F)c3)CCC2)CC1.Cl. The van der Waals surface area contributed by atoms with Gasteiger partial charge in [-0.2, -0.15) is 0 Å². The average molecular weight is 355 g/mol. The summed E-state index contributed by atoms with van der Waals surface area (Å²) in [5.74, 6) is 0.646. The highest BCUT2D eigenvalue weighted by Gasteiger charge is 2.48. The zero-order valence-corrected chi connectivity index (χ0v) is 15.2. The monoisotopic (exact) mass is 354 g/mol. The van der Waals surface area contributed by atoms with Crippen LogP contribution in [0.25, 0.3) is 0 Å². The second-order valence-electron chi connectivity index (χ2n) is 6.99. The molecule has 2 aliphatic rings. The van der Waals surface area contributed by atoms with Crippen molar-refractivity contribution in [2.45, 2.75) is 44.4 Å². The summed E-state index contributed by atoms with van der Waals surface area (Å²) in [6.45, 7) is 5.85. The van der Waals surface area contributed by atoms with E-state index in [0.717, 1.165) is 63.8 Å². The largest absolute Gasteiger partial charge is 0.342 e. The van der Waals surface area contributed by atoms with Gasteiger partial charge in [0.1, 0.15) is 5.82 Å². The van der Waals surface area contributed by atoms with Gasteiger partial charge in [-0.15, -0.1) is 12.4 Å². The van der Waals surface area contributed by atoms with E-state index in [9.17, 15) is 9.18 Å². The summed E-state index contributed by atoms with van der Waals surface area (Å²) >= 11 is 0. The highest BCUT2D eigenvalue weighted by molar-refractivity contribution is 5.89. The lowest BCUT2D eigenvalue weighted by Crippen LogP contribution is -2.53. The highest BCUT2D eigenvalue weighted by Crippen LogP contribution is 2.45. The molecule has 1 heterocycles. The number of nitrogens with one attached hydrogen (secondary N) is 1. The van der Waals surface area contributed by atoms with E-state index in [1.54, 1.807) is 12.1 Å². The van der Waals surface area contributed by atoms with Gasteiger partial charge in [0.2, 0.25) is 5.91 Å².